The first-order valence-electron chi connectivity index (χ1n) is 8.05. The molecule has 2 rings (SSSR count). The van der Waals surface area contributed by atoms with Gasteiger partial charge >= 0.3 is 0 Å². The highest BCUT2D eigenvalue weighted by Crippen LogP contribution is 2.33. The molecule has 150 valence electrons. The summed E-state index contributed by atoms with van der Waals surface area (Å²) in [6.07, 6.45) is 0.987. The van der Waals surface area contributed by atoms with Gasteiger partial charge in [-0.1, -0.05) is 0 Å². The second kappa shape index (κ2) is 8.61. The van der Waals surface area contributed by atoms with E-state index in [2.05, 4.69) is 5.32 Å². The molecule has 0 saturated heterocycles. The highest BCUT2D eigenvalue weighted by molar-refractivity contribution is 7.92. The number of nitrogens with one attached hydrogen (secondary N) is 1. The molecule has 2 amide bonds. The summed E-state index contributed by atoms with van der Waals surface area (Å²) in [5, 5.41) is 2.58. The fraction of sp³-hybridized carbons (Fsp3) is 0.222. The molecule has 10 heteroatoms. The minimum Gasteiger partial charge on any atom is -0.497 e. The summed E-state index contributed by atoms with van der Waals surface area (Å²) < 4.78 is 35.9. The quantitative estimate of drug-likeness (QED) is 0.677. The minimum absolute atomic E-state index is 0.170. The third-order valence-corrected chi connectivity index (χ3v) is 4.92. The van der Waals surface area contributed by atoms with Crippen molar-refractivity contribution in [3.8, 4) is 11.5 Å². The molecule has 0 aliphatic heterocycles. The molecule has 0 fully saturated rings. The van der Waals surface area contributed by atoms with Crippen LogP contribution in [0.4, 0.5) is 11.4 Å². The number of methoxy groups -OCH3 is 2. The van der Waals surface area contributed by atoms with Gasteiger partial charge in [0.25, 0.3) is 0 Å². The van der Waals surface area contributed by atoms with Crippen LogP contribution in [0.1, 0.15) is 10.4 Å². The molecule has 2 aromatic rings. The van der Waals surface area contributed by atoms with Crippen LogP contribution < -0.4 is 24.8 Å². The number of ether oxygens (including phenoxy) is 2. The van der Waals surface area contributed by atoms with Crippen LogP contribution in [0.25, 0.3) is 0 Å². The standard InChI is InChI=1S/C18H21N3O6S/c1-26-14-8-9-16(27-2)15(10-14)21(28(3,24)25)11-17(22)20-13-6-4-12(5-7-13)18(19)23/h4-10H,11H2,1-3H3,(H2,19,23)(H,20,22). The van der Waals surface area contributed by atoms with Crippen molar-refractivity contribution in [2.24, 2.45) is 5.73 Å². The molecule has 0 unspecified atom stereocenters. The van der Waals surface area contributed by atoms with Crippen LogP contribution >= 0.6 is 0 Å². The van der Waals surface area contributed by atoms with Gasteiger partial charge in [-0.2, -0.15) is 0 Å². The first-order chi connectivity index (χ1) is 13.2. The highest BCUT2D eigenvalue weighted by atomic mass is 32.2. The topological polar surface area (TPSA) is 128 Å². The Morgan fingerprint density at radius 2 is 1.71 bits per heavy atom. The number of amides is 2. The molecule has 0 spiro atoms. The molecule has 28 heavy (non-hydrogen) atoms. The lowest BCUT2D eigenvalue weighted by atomic mass is 10.2. The monoisotopic (exact) mass is 407 g/mol. The molecule has 0 aliphatic carbocycles. The number of carbonyl (C=O) groups is 2. The van der Waals surface area contributed by atoms with E-state index in [-0.39, 0.29) is 17.0 Å². The van der Waals surface area contributed by atoms with E-state index in [1.165, 1.54) is 44.6 Å². The second-order valence-electron chi connectivity index (χ2n) is 5.80. The van der Waals surface area contributed by atoms with Crippen LogP contribution in [0.3, 0.4) is 0 Å². The summed E-state index contributed by atoms with van der Waals surface area (Å²) in [5.74, 6) is -0.495. The Hall–Kier alpha value is -3.27. The molecule has 3 N–H and O–H groups in total. The maximum absolute atomic E-state index is 12.4. The Kier molecular flexibility index (Phi) is 6.47. The number of benzene rings is 2. The van der Waals surface area contributed by atoms with Gasteiger partial charge in [-0.05, 0) is 36.4 Å². The van der Waals surface area contributed by atoms with Crippen molar-refractivity contribution in [1.82, 2.24) is 0 Å². The average molecular weight is 407 g/mol. The Morgan fingerprint density at radius 1 is 1.07 bits per heavy atom. The van der Waals surface area contributed by atoms with Crippen LogP contribution in [-0.2, 0) is 14.8 Å². The Balaban J connectivity index is 2.28. The van der Waals surface area contributed by atoms with Gasteiger partial charge in [-0.15, -0.1) is 0 Å². The highest BCUT2D eigenvalue weighted by Gasteiger charge is 2.24. The number of sulfonamides is 1. The zero-order chi connectivity index (χ0) is 20.9. The Morgan fingerprint density at radius 3 is 2.21 bits per heavy atom. The maximum Gasteiger partial charge on any atom is 0.248 e. The fourth-order valence-electron chi connectivity index (χ4n) is 2.42. The van der Waals surface area contributed by atoms with Crippen LogP contribution in [0.15, 0.2) is 42.5 Å². The average Bonchev–Trinajstić information content (AvgIpc) is 2.65. The lowest BCUT2D eigenvalue weighted by molar-refractivity contribution is -0.114. The number of hydrogen-bond acceptors (Lipinski definition) is 6. The van der Waals surface area contributed by atoms with Gasteiger partial charge in [0.1, 0.15) is 18.0 Å². The number of anilines is 2. The van der Waals surface area contributed by atoms with Gasteiger partial charge in [-0.25, -0.2) is 8.42 Å². The Bertz CT molecular complexity index is 973. The van der Waals surface area contributed by atoms with E-state index in [0.717, 1.165) is 10.6 Å². The van der Waals surface area contributed by atoms with E-state index in [1.54, 1.807) is 12.1 Å². The number of primary amides is 1. The normalized spacial score (nSPS) is 10.8. The lowest BCUT2D eigenvalue weighted by Gasteiger charge is -2.24. The molecule has 0 aliphatic rings. The van der Waals surface area contributed by atoms with Crippen LogP contribution in [-0.4, -0.2) is 47.3 Å². The molecular weight excluding hydrogens is 386 g/mol. The van der Waals surface area contributed by atoms with Crippen LogP contribution in [0.5, 0.6) is 11.5 Å². The second-order valence-corrected chi connectivity index (χ2v) is 7.70. The van der Waals surface area contributed by atoms with Crippen LogP contribution in [0.2, 0.25) is 0 Å². The molecule has 9 nitrogen and oxygen atoms in total. The number of carbonyl (C=O) groups excluding carboxylic acids is 2. The summed E-state index contributed by atoms with van der Waals surface area (Å²) in [7, 11) is -0.967. The van der Waals surface area contributed by atoms with E-state index in [4.69, 9.17) is 15.2 Å². The van der Waals surface area contributed by atoms with Crippen molar-refractivity contribution >= 4 is 33.2 Å². The fourth-order valence-corrected chi connectivity index (χ4v) is 3.27. The largest absolute Gasteiger partial charge is 0.497 e. The van der Waals surface area contributed by atoms with E-state index in [0.29, 0.717) is 11.4 Å². The first-order valence-corrected chi connectivity index (χ1v) is 9.90. The number of nitrogens with two attached hydrogens (primary N) is 1. The predicted octanol–water partition coefficient (Wildman–Crippen LogP) is 1.21. The number of nitrogens with zero attached hydrogens (tertiary/aromatic N) is 1. The number of rotatable bonds is 8. The molecule has 0 aromatic heterocycles. The Labute approximate surface area is 163 Å². The zero-order valence-electron chi connectivity index (χ0n) is 15.6. The predicted molar refractivity (Wildman–Crippen MR) is 105 cm³/mol. The molecule has 0 saturated carbocycles. The summed E-state index contributed by atoms with van der Waals surface area (Å²) in [4.78, 5) is 23.5. The third kappa shape index (κ3) is 5.13. The van der Waals surface area contributed by atoms with Gasteiger partial charge in [0.05, 0.1) is 26.2 Å². The summed E-state index contributed by atoms with van der Waals surface area (Å²) in [6.45, 7) is -0.486. The van der Waals surface area contributed by atoms with E-state index >= 15 is 0 Å². The van der Waals surface area contributed by atoms with Crippen molar-refractivity contribution in [2.45, 2.75) is 0 Å². The SMILES string of the molecule is COc1ccc(OC)c(N(CC(=O)Nc2ccc(C(N)=O)cc2)S(C)(=O)=O)c1. The first kappa shape index (κ1) is 21.0. The summed E-state index contributed by atoms with van der Waals surface area (Å²) in [6, 6.07) is 10.5. The smallest absolute Gasteiger partial charge is 0.248 e. The molecule has 0 atom stereocenters. The minimum atomic E-state index is -3.81. The van der Waals surface area contributed by atoms with Crippen LogP contribution in [0, 0.1) is 0 Å². The molecule has 2 aromatic carbocycles. The van der Waals surface area contributed by atoms with Crippen molar-refractivity contribution in [2.75, 3.05) is 36.6 Å². The molecular formula is C18H21N3O6S. The van der Waals surface area contributed by atoms with Gasteiger partial charge < -0.3 is 20.5 Å². The van der Waals surface area contributed by atoms with Gasteiger partial charge in [0, 0.05) is 17.3 Å². The van der Waals surface area contributed by atoms with E-state index in [9.17, 15) is 18.0 Å². The van der Waals surface area contributed by atoms with Crippen molar-refractivity contribution in [3.63, 3.8) is 0 Å². The van der Waals surface area contributed by atoms with E-state index in [1.807, 2.05) is 0 Å². The van der Waals surface area contributed by atoms with Gasteiger partial charge in [0.15, 0.2) is 0 Å². The molecule has 0 bridgehead atoms. The third-order valence-electron chi connectivity index (χ3n) is 3.80. The number of hydrogen-bond donors (Lipinski definition) is 2. The maximum atomic E-state index is 12.4. The molecule has 0 radical (unpaired) electrons. The summed E-state index contributed by atoms with van der Waals surface area (Å²) >= 11 is 0. The van der Waals surface area contributed by atoms with Gasteiger partial charge in [-0.3, -0.25) is 13.9 Å². The molecule has 0 heterocycles. The van der Waals surface area contributed by atoms with Crippen molar-refractivity contribution < 1.29 is 27.5 Å². The zero-order valence-corrected chi connectivity index (χ0v) is 16.4. The van der Waals surface area contributed by atoms with Crippen molar-refractivity contribution in [1.29, 1.82) is 0 Å². The van der Waals surface area contributed by atoms with Gasteiger partial charge in [0.2, 0.25) is 21.8 Å². The summed E-state index contributed by atoms with van der Waals surface area (Å²) in [5.41, 5.74) is 6.02. The van der Waals surface area contributed by atoms with E-state index < -0.39 is 28.4 Å². The lowest BCUT2D eigenvalue weighted by Crippen LogP contribution is -2.37. The van der Waals surface area contributed by atoms with Crippen molar-refractivity contribution in [3.05, 3.63) is 48.0 Å².